The number of hydrogen-bond acceptors (Lipinski definition) is 2. The number of likely N-dealkylation sites (N-methyl/N-ethyl adjacent to an activating group) is 1. The third-order valence-electron chi connectivity index (χ3n) is 3.45. The first-order valence-corrected chi connectivity index (χ1v) is 5.74. The summed E-state index contributed by atoms with van der Waals surface area (Å²) in [5, 5.41) is 0. The highest BCUT2D eigenvalue weighted by molar-refractivity contribution is 5.90. The molecule has 2 heterocycles. The number of carbonyl (C=O) groups excluding carboxylic acids is 2. The molecule has 2 rings (SSSR count). The predicted molar refractivity (Wildman–Crippen MR) is 56.2 cm³/mol. The van der Waals surface area contributed by atoms with Crippen molar-refractivity contribution >= 4 is 11.8 Å². The quantitative estimate of drug-likeness (QED) is 0.636. The largest absolute Gasteiger partial charge is 0.341 e. The number of rotatable bonds is 1. The van der Waals surface area contributed by atoms with E-state index < -0.39 is 0 Å². The molecule has 2 amide bonds. The van der Waals surface area contributed by atoms with Gasteiger partial charge in [-0.1, -0.05) is 0 Å². The van der Waals surface area contributed by atoms with Crippen LogP contribution in [0.25, 0.3) is 0 Å². The van der Waals surface area contributed by atoms with E-state index in [0.29, 0.717) is 12.8 Å². The van der Waals surface area contributed by atoms with Gasteiger partial charge in [0.25, 0.3) is 0 Å². The highest BCUT2D eigenvalue weighted by Crippen LogP contribution is 2.20. The van der Waals surface area contributed by atoms with Crippen LogP contribution in [0.3, 0.4) is 0 Å². The Labute approximate surface area is 90.2 Å². The van der Waals surface area contributed by atoms with Crippen LogP contribution in [0.1, 0.15) is 32.1 Å². The van der Waals surface area contributed by atoms with Crippen molar-refractivity contribution in [2.45, 2.75) is 38.1 Å². The molecule has 0 aromatic rings. The van der Waals surface area contributed by atoms with Gasteiger partial charge in [-0.3, -0.25) is 9.59 Å². The van der Waals surface area contributed by atoms with Crippen molar-refractivity contribution < 1.29 is 9.59 Å². The van der Waals surface area contributed by atoms with E-state index in [1.54, 1.807) is 11.9 Å². The molecule has 0 bridgehead atoms. The van der Waals surface area contributed by atoms with Crippen LogP contribution < -0.4 is 0 Å². The molecule has 0 aliphatic carbocycles. The van der Waals surface area contributed by atoms with Gasteiger partial charge >= 0.3 is 0 Å². The van der Waals surface area contributed by atoms with Gasteiger partial charge in [0, 0.05) is 26.6 Å². The van der Waals surface area contributed by atoms with Crippen molar-refractivity contribution in [3.8, 4) is 0 Å². The fourth-order valence-corrected chi connectivity index (χ4v) is 2.42. The average molecular weight is 210 g/mol. The normalized spacial score (nSPS) is 27.3. The molecule has 1 atom stereocenters. The van der Waals surface area contributed by atoms with Gasteiger partial charge in [0.2, 0.25) is 11.8 Å². The van der Waals surface area contributed by atoms with Gasteiger partial charge < -0.3 is 9.80 Å². The van der Waals surface area contributed by atoms with Gasteiger partial charge in [-0.25, -0.2) is 0 Å². The second-order valence-corrected chi connectivity index (χ2v) is 4.45. The predicted octanol–water partition coefficient (Wildman–Crippen LogP) is 0.620. The molecular weight excluding hydrogens is 192 g/mol. The highest BCUT2D eigenvalue weighted by Gasteiger charge is 2.35. The fourth-order valence-electron chi connectivity index (χ4n) is 2.42. The highest BCUT2D eigenvalue weighted by atomic mass is 16.2. The first kappa shape index (κ1) is 10.5. The lowest BCUT2D eigenvalue weighted by Gasteiger charge is -2.31. The summed E-state index contributed by atoms with van der Waals surface area (Å²) in [5.74, 6) is 0.258. The molecule has 15 heavy (non-hydrogen) atoms. The molecule has 0 aromatic heterocycles. The zero-order chi connectivity index (χ0) is 10.8. The lowest BCUT2D eigenvalue weighted by molar-refractivity contribution is -0.140. The fraction of sp³-hybridized carbons (Fsp3) is 0.818. The average Bonchev–Trinajstić information content (AvgIpc) is 2.60. The Morgan fingerprint density at radius 2 is 1.93 bits per heavy atom. The molecule has 0 radical (unpaired) electrons. The van der Waals surface area contributed by atoms with E-state index in [-0.39, 0.29) is 17.9 Å². The first-order chi connectivity index (χ1) is 7.20. The second kappa shape index (κ2) is 4.21. The molecule has 2 aliphatic rings. The van der Waals surface area contributed by atoms with Crippen molar-refractivity contribution in [2.75, 3.05) is 20.1 Å². The van der Waals surface area contributed by atoms with Crippen LogP contribution in [-0.4, -0.2) is 47.8 Å². The summed E-state index contributed by atoms with van der Waals surface area (Å²) >= 11 is 0. The van der Waals surface area contributed by atoms with Crippen molar-refractivity contribution in [3.05, 3.63) is 0 Å². The monoisotopic (exact) mass is 210 g/mol. The van der Waals surface area contributed by atoms with Gasteiger partial charge in [-0.05, 0) is 25.7 Å². The number of nitrogens with zero attached hydrogens (tertiary/aromatic N) is 2. The van der Waals surface area contributed by atoms with Gasteiger partial charge in [0.05, 0.1) is 0 Å². The Morgan fingerprint density at radius 3 is 2.47 bits per heavy atom. The zero-order valence-corrected chi connectivity index (χ0v) is 9.24. The lowest BCUT2D eigenvalue weighted by Crippen LogP contribution is -2.47. The van der Waals surface area contributed by atoms with Crippen molar-refractivity contribution in [3.63, 3.8) is 0 Å². The maximum Gasteiger partial charge on any atom is 0.245 e. The van der Waals surface area contributed by atoms with Crippen LogP contribution in [0, 0.1) is 0 Å². The summed E-state index contributed by atoms with van der Waals surface area (Å²) in [4.78, 5) is 26.9. The van der Waals surface area contributed by atoms with E-state index in [4.69, 9.17) is 0 Å². The van der Waals surface area contributed by atoms with Crippen LogP contribution in [0.5, 0.6) is 0 Å². The Hall–Kier alpha value is -1.06. The minimum atomic E-state index is -0.185. The number of carbonyl (C=O) groups is 2. The van der Waals surface area contributed by atoms with Crippen molar-refractivity contribution in [2.24, 2.45) is 0 Å². The van der Waals surface area contributed by atoms with Gasteiger partial charge in [-0.2, -0.15) is 0 Å². The molecule has 4 heteroatoms. The van der Waals surface area contributed by atoms with Gasteiger partial charge in [0.15, 0.2) is 0 Å². The smallest absolute Gasteiger partial charge is 0.245 e. The van der Waals surface area contributed by atoms with Crippen molar-refractivity contribution in [1.82, 2.24) is 9.80 Å². The molecule has 2 aliphatic heterocycles. The SMILES string of the molecule is CN1C(=O)CCC1C(=O)N1CCCCC1. The van der Waals surface area contributed by atoms with E-state index >= 15 is 0 Å². The van der Waals surface area contributed by atoms with Gasteiger partial charge in [0.1, 0.15) is 6.04 Å². The van der Waals surface area contributed by atoms with E-state index in [2.05, 4.69) is 0 Å². The Morgan fingerprint density at radius 1 is 1.27 bits per heavy atom. The second-order valence-electron chi connectivity index (χ2n) is 4.45. The van der Waals surface area contributed by atoms with Gasteiger partial charge in [-0.15, -0.1) is 0 Å². The minimum Gasteiger partial charge on any atom is -0.341 e. The van der Waals surface area contributed by atoms with Crippen molar-refractivity contribution in [1.29, 1.82) is 0 Å². The van der Waals surface area contributed by atoms with Crippen LogP contribution in [0.2, 0.25) is 0 Å². The van der Waals surface area contributed by atoms with Crippen LogP contribution in [-0.2, 0) is 9.59 Å². The Balaban J connectivity index is 1.98. The molecule has 2 fully saturated rings. The van der Waals surface area contributed by atoms with Crippen LogP contribution in [0.15, 0.2) is 0 Å². The minimum absolute atomic E-state index is 0.102. The number of likely N-dealkylation sites (tertiary alicyclic amines) is 2. The topological polar surface area (TPSA) is 40.6 Å². The molecule has 0 aromatic carbocycles. The number of piperidine rings is 1. The summed E-state index contributed by atoms with van der Waals surface area (Å²) < 4.78 is 0. The molecular formula is C11H18N2O2. The molecule has 0 saturated carbocycles. The standard InChI is InChI=1S/C11H18N2O2/c1-12-9(5-6-10(12)14)11(15)13-7-3-2-4-8-13/h9H,2-8H2,1H3. The molecule has 0 spiro atoms. The third-order valence-corrected chi connectivity index (χ3v) is 3.45. The first-order valence-electron chi connectivity index (χ1n) is 5.74. The van der Waals surface area contributed by atoms with E-state index in [9.17, 15) is 9.59 Å². The number of hydrogen-bond donors (Lipinski definition) is 0. The van der Waals surface area contributed by atoms with E-state index in [1.165, 1.54) is 6.42 Å². The van der Waals surface area contributed by atoms with Crippen LogP contribution in [0.4, 0.5) is 0 Å². The van der Waals surface area contributed by atoms with E-state index in [1.807, 2.05) is 4.90 Å². The lowest BCUT2D eigenvalue weighted by atomic mass is 10.1. The van der Waals surface area contributed by atoms with E-state index in [0.717, 1.165) is 25.9 Å². The molecule has 2 saturated heterocycles. The molecule has 84 valence electrons. The molecule has 0 N–H and O–H groups in total. The summed E-state index contributed by atoms with van der Waals surface area (Å²) in [6.45, 7) is 1.74. The maximum absolute atomic E-state index is 12.1. The Bertz CT molecular complexity index is 272. The molecule has 4 nitrogen and oxygen atoms in total. The third kappa shape index (κ3) is 1.98. The summed E-state index contributed by atoms with van der Waals surface area (Å²) in [7, 11) is 1.74. The zero-order valence-electron chi connectivity index (χ0n) is 9.24. The number of amides is 2. The summed E-state index contributed by atoms with van der Waals surface area (Å²) in [5.41, 5.74) is 0. The van der Waals surface area contributed by atoms with Crippen LogP contribution >= 0.6 is 0 Å². The Kier molecular flexibility index (Phi) is 2.93. The maximum atomic E-state index is 12.1. The molecule has 1 unspecified atom stereocenters. The summed E-state index contributed by atoms with van der Waals surface area (Å²) in [6, 6.07) is -0.185. The summed E-state index contributed by atoms with van der Waals surface area (Å²) in [6.07, 6.45) is 4.67.